The SMILES string of the molecule is COc1ccc(CC(N)SCc2ccc(C)cc2)cc1. The predicted octanol–water partition coefficient (Wildman–Crippen LogP) is 3.76. The van der Waals surface area contributed by atoms with Gasteiger partial charge in [-0.2, -0.15) is 0 Å². The van der Waals surface area contributed by atoms with Crippen LogP contribution in [0.15, 0.2) is 48.5 Å². The van der Waals surface area contributed by atoms with Crippen LogP contribution >= 0.6 is 11.8 Å². The minimum absolute atomic E-state index is 0.115. The number of methoxy groups -OCH3 is 1. The summed E-state index contributed by atoms with van der Waals surface area (Å²) in [4.78, 5) is 0. The van der Waals surface area contributed by atoms with Gasteiger partial charge < -0.3 is 10.5 Å². The van der Waals surface area contributed by atoms with Crippen molar-refractivity contribution in [3.8, 4) is 5.75 Å². The Labute approximate surface area is 125 Å². The molecule has 106 valence electrons. The van der Waals surface area contributed by atoms with Crippen molar-refractivity contribution in [3.63, 3.8) is 0 Å². The standard InChI is InChI=1S/C17H21NOS/c1-13-3-5-15(6-4-13)12-20-17(18)11-14-7-9-16(19-2)10-8-14/h3-10,17H,11-12,18H2,1-2H3. The van der Waals surface area contributed by atoms with Crippen molar-refractivity contribution < 1.29 is 4.74 Å². The Morgan fingerprint density at radius 3 is 2.20 bits per heavy atom. The summed E-state index contributed by atoms with van der Waals surface area (Å²) in [7, 11) is 1.68. The number of ether oxygens (including phenoxy) is 1. The maximum atomic E-state index is 6.19. The quantitative estimate of drug-likeness (QED) is 0.822. The minimum Gasteiger partial charge on any atom is -0.497 e. The number of benzene rings is 2. The molecule has 0 saturated heterocycles. The maximum Gasteiger partial charge on any atom is 0.118 e. The van der Waals surface area contributed by atoms with E-state index in [1.54, 1.807) is 18.9 Å². The number of thioether (sulfide) groups is 1. The number of nitrogens with two attached hydrogens (primary N) is 1. The maximum absolute atomic E-state index is 6.19. The fraction of sp³-hybridized carbons (Fsp3) is 0.294. The predicted molar refractivity (Wildman–Crippen MR) is 87.1 cm³/mol. The molecule has 1 unspecified atom stereocenters. The summed E-state index contributed by atoms with van der Waals surface area (Å²) in [6, 6.07) is 16.7. The molecule has 0 aliphatic rings. The van der Waals surface area contributed by atoms with Crippen LogP contribution in [0, 0.1) is 6.92 Å². The first-order valence-electron chi connectivity index (χ1n) is 6.73. The van der Waals surface area contributed by atoms with E-state index in [-0.39, 0.29) is 5.37 Å². The molecule has 3 heteroatoms. The molecular formula is C17H21NOS. The first-order chi connectivity index (χ1) is 9.67. The molecule has 0 heterocycles. The van der Waals surface area contributed by atoms with Gasteiger partial charge in [0.25, 0.3) is 0 Å². The fourth-order valence-corrected chi connectivity index (χ4v) is 2.85. The van der Waals surface area contributed by atoms with Crippen LogP contribution in [0.5, 0.6) is 5.75 Å². The number of rotatable bonds is 6. The van der Waals surface area contributed by atoms with E-state index in [4.69, 9.17) is 10.5 Å². The van der Waals surface area contributed by atoms with Crippen molar-refractivity contribution in [2.45, 2.75) is 24.5 Å². The molecular weight excluding hydrogens is 266 g/mol. The smallest absolute Gasteiger partial charge is 0.118 e. The second-order valence-corrected chi connectivity index (χ2v) is 6.11. The Bertz CT molecular complexity index is 522. The van der Waals surface area contributed by atoms with Gasteiger partial charge in [0.05, 0.1) is 12.5 Å². The van der Waals surface area contributed by atoms with Crippen molar-refractivity contribution in [2.24, 2.45) is 5.73 Å². The Balaban J connectivity index is 1.82. The van der Waals surface area contributed by atoms with Crippen LogP contribution in [-0.2, 0) is 12.2 Å². The fourth-order valence-electron chi connectivity index (χ4n) is 1.94. The zero-order valence-electron chi connectivity index (χ0n) is 12.0. The van der Waals surface area contributed by atoms with Crippen molar-refractivity contribution in [3.05, 3.63) is 65.2 Å². The van der Waals surface area contributed by atoms with Gasteiger partial charge in [-0.05, 0) is 36.6 Å². The van der Waals surface area contributed by atoms with Gasteiger partial charge in [0.15, 0.2) is 0 Å². The monoisotopic (exact) mass is 287 g/mol. The highest BCUT2D eigenvalue weighted by atomic mass is 32.2. The van der Waals surface area contributed by atoms with E-state index in [0.29, 0.717) is 0 Å². The van der Waals surface area contributed by atoms with Crippen LogP contribution in [0.25, 0.3) is 0 Å². The Kier molecular flexibility index (Phi) is 5.50. The second kappa shape index (κ2) is 7.36. The van der Waals surface area contributed by atoms with E-state index < -0.39 is 0 Å². The van der Waals surface area contributed by atoms with Crippen LogP contribution in [0.4, 0.5) is 0 Å². The van der Waals surface area contributed by atoms with E-state index in [9.17, 15) is 0 Å². The van der Waals surface area contributed by atoms with Crippen molar-refractivity contribution in [2.75, 3.05) is 7.11 Å². The first-order valence-corrected chi connectivity index (χ1v) is 7.78. The molecule has 0 aliphatic carbocycles. The molecule has 0 aromatic heterocycles. The summed E-state index contributed by atoms with van der Waals surface area (Å²) in [5.74, 6) is 1.84. The highest BCUT2D eigenvalue weighted by Crippen LogP contribution is 2.19. The van der Waals surface area contributed by atoms with Gasteiger partial charge in [-0.15, -0.1) is 11.8 Å². The van der Waals surface area contributed by atoms with E-state index in [2.05, 4.69) is 43.3 Å². The van der Waals surface area contributed by atoms with E-state index in [0.717, 1.165) is 17.9 Å². The first kappa shape index (κ1) is 14.9. The van der Waals surface area contributed by atoms with Gasteiger partial charge in [0, 0.05) is 5.75 Å². The lowest BCUT2D eigenvalue weighted by Gasteiger charge is -2.12. The van der Waals surface area contributed by atoms with Gasteiger partial charge in [0.1, 0.15) is 5.75 Å². The molecule has 2 aromatic rings. The third-order valence-electron chi connectivity index (χ3n) is 3.18. The Morgan fingerprint density at radius 2 is 1.60 bits per heavy atom. The summed E-state index contributed by atoms with van der Waals surface area (Å²) >= 11 is 1.79. The van der Waals surface area contributed by atoms with Gasteiger partial charge in [-0.3, -0.25) is 0 Å². The summed E-state index contributed by atoms with van der Waals surface area (Å²) in [5.41, 5.74) is 10.0. The lowest BCUT2D eigenvalue weighted by Crippen LogP contribution is -2.18. The van der Waals surface area contributed by atoms with Crippen LogP contribution in [0.2, 0.25) is 0 Å². The van der Waals surface area contributed by atoms with Crippen LogP contribution in [0.1, 0.15) is 16.7 Å². The average molecular weight is 287 g/mol. The van der Waals surface area contributed by atoms with Crippen LogP contribution in [-0.4, -0.2) is 12.5 Å². The number of hydrogen-bond donors (Lipinski definition) is 1. The molecule has 2 nitrogen and oxygen atoms in total. The topological polar surface area (TPSA) is 35.2 Å². The van der Waals surface area contributed by atoms with Crippen molar-refractivity contribution in [1.82, 2.24) is 0 Å². The van der Waals surface area contributed by atoms with E-state index in [1.165, 1.54) is 16.7 Å². The summed E-state index contributed by atoms with van der Waals surface area (Å²) in [5, 5.41) is 0.115. The number of hydrogen-bond acceptors (Lipinski definition) is 3. The molecule has 1 atom stereocenters. The molecule has 2 aromatic carbocycles. The zero-order chi connectivity index (χ0) is 14.4. The molecule has 0 fully saturated rings. The third-order valence-corrected chi connectivity index (χ3v) is 4.28. The highest BCUT2D eigenvalue weighted by molar-refractivity contribution is 7.99. The summed E-state index contributed by atoms with van der Waals surface area (Å²) in [6.07, 6.45) is 0.876. The van der Waals surface area contributed by atoms with Crippen molar-refractivity contribution >= 4 is 11.8 Å². The normalized spacial score (nSPS) is 12.2. The van der Waals surface area contributed by atoms with Crippen molar-refractivity contribution in [1.29, 1.82) is 0 Å². The Hall–Kier alpha value is -1.45. The lowest BCUT2D eigenvalue weighted by molar-refractivity contribution is 0.414. The number of aryl methyl sites for hydroxylation is 1. The molecule has 0 radical (unpaired) electrons. The van der Waals surface area contributed by atoms with E-state index in [1.807, 2.05) is 12.1 Å². The van der Waals surface area contributed by atoms with Crippen LogP contribution < -0.4 is 10.5 Å². The highest BCUT2D eigenvalue weighted by Gasteiger charge is 2.05. The van der Waals surface area contributed by atoms with Gasteiger partial charge in [-0.1, -0.05) is 42.0 Å². The molecule has 2 rings (SSSR count). The zero-order valence-corrected chi connectivity index (χ0v) is 12.8. The molecule has 0 amide bonds. The summed E-state index contributed by atoms with van der Waals surface area (Å²) in [6.45, 7) is 2.10. The van der Waals surface area contributed by atoms with Crippen LogP contribution in [0.3, 0.4) is 0 Å². The van der Waals surface area contributed by atoms with Gasteiger partial charge in [0.2, 0.25) is 0 Å². The van der Waals surface area contributed by atoms with Gasteiger partial charge >= 0.3 is 0 Å². The third kappa shape index (κ3) is 4.58. The second-order valence-electron chi connectivity index (χ2n) is 4.89. The Morgan fingerprint density at radius 1 is 1.00 bits per heavy atom. The van der Waals surface area contributed by atoms with Gasteiger partial charge in [-0.25, -0.2) is 0 Å². The largest absolute Gasteiger partial charge is 0.497 e. The minimum atomic E-state index is 0.115. The van der Waals surface area contributed by atoms with E-state index >= 15 is 0 Å². The lowest BCUT2D eigenvalue weighted by atomic mass is 10.1. The average Bonchev–Trinajstić information content (AvgIpc) is 2.47. The summed E-state index contributed by atoms with van der Waals surface area (Å²) < 4.78 is 5.15. The molecule has 0 bridgehead atoms. The molecule has 2 N–H and O–H groups in total. The molecule has 20 heavy (non-hydrogen) atoms. The molecule has 0 saturated carbocycles. The molecule has 0 spiro atoms. The molecule has 0 aliphatic heterocycles.